The first-order valence-electron chi connectivity index (χ1n) is 9.86. The number of hydrogen-bond acceptors (Lipinski definition) is 5. The van der Waals surface area contributed by atoms with Gasteiger partial charge >= 0.3 is 0 Å². The second kappa shape index (κ2) is 9.58. The zero-order chi connectivity index (χ0) is 22.7. The molecule has 3 aromatic carbocycles. The first kappa shape index (κ1) is 22.1. The fraction of sp³-hybridized carbons (Fsp3) is 0.125. The molecule has 8 heteroatoms. The number of benzene rings is 3. The van der Waals surface area contributed by atoms with Gasteiger partial charge in [0.1, 0.15) is 5.82 Å². The van der Waals surface area contributed by atoms with E-state index in [0.717, 1.165) is 10.6 Å². The van der Waals surface area contributed by atoms with Crippen molar-refractivity contribution in [1.29, 1.82) is 0 Å². The van der Waals surface area contributed by atoms with Crippen molar-refractivity contribution in [2.45, 2.75) is 22.2 Å². The number of nitrogens with one attached hydrogen (secondary N) is 1. The Balaban J connectivity index is 1.71. The van der Waals surface area contributed by atoms with E-state index in [1.54, 1.807) is 43.0 Å². The zero-order valence-corrected chi connectivity index (χ0v) is 19.0. The van der Waals surface area contributed by atoms with Crippen LogP contribution in [-0.4, -0.2) is 27.0 Å². The molecule has 5 nitrogen and oxygen atoms in total. The van der Waals surface area contributed by atoms with Gasteiger partial charge < -0.3 is 5.32 Å². The van der Waals surface area contributed by atoms with E-state index in [4.69, 9.17) is 0 Å². The van der Waals surface area contributed by atoms with Crippen molar-refractivity contribution in [3.05, 3.63) is 89.0 Å². The number of carbonyl (C=O) groups excluding carboxylic acids is 1. The summed E-state index contributed by atoms with van der Waals surface area (Å²) in [5.74, 6) is -0.602. The maximum Gasteiger partial charge on any atom is 0.266 e. The van der Waals surface area contributed by atoms with Crippen LogP contribution < -0.4 is 10.9 Å². The quantitative estimate of drug-likeness (QED) is 0.307. The topological polar surface area (TPSA) is 64.0 Å². The monoisotopic (exact) mass is 465 g/mol. The molecule has 0 aliphatic heterocycles. The minimum absolute atomic E-state index is 0.204. The largest absolute Gasteiger partial charge is 0.324 e. The summed E-state index contributed by atoms with van der Waals surface area (Å²) >= 11 is 2.73. The average Bonchev–Trinajstić information content (AvgIpc) is 2.80. The van der Waals surface area contributed by atoms with E-state index in [1.165, 1.54) is 40.6 Å². The van der Waals surface area contributed by atoms with E-state index in [1.807, 2.05) is 30.5 Å². The normalized spacial score (nSPS) is 12.0. The van der Waals surface area contributed by atoms with Crippen LogP contribution in [0.25, 0.3) is 16.6 Å². The third kappa shape index (κ3) is 4.56. The van der Waals surface area contributed by atoms with Gasteiger partial charge in [-0.15, -0.1) is 11.8 Å². The Bertz CT molecular complexity index is 1340. The van der Waals surface area contributed by atoms with E-state index in [9.17, 15) is 14.0 Å². The predicted octanol–water partition coefficient (Wildman–Crippen LogP) is 5.37. The number of amides is 1. The molecular weight excluding hydrogens is 445 g/mol. The highest BCUT2D eigenvalue weighted by Crippen LogP contribution is 2.28. The number of fused-ring (bicyclic) bond motifs is 1. The lowest BCUT2D eigenvalue weighted by Crippen LogP contribution is -2.26. The summed E-state index contributed by atoms with van der Waals surface area (Å²) in [7, 11) is 0. The molecule has 0 bridgehead atoms. The highest BCUT2D eigenvalue weighted by Gasteiger charge is 2.21. The maximum atomic E-state index is 13.5. The van der Waals surface area contributed by atoms with Crippen LogP contribution in [-0.2, 0) is 4.79 Å². The molecule has 0 aliphatic rings. The number of carbonyl (C=O) groups is 1. The number of aromatic nitrogens is 2. The Morgan fingerprint density at radius 3 is 2.47 bits per heavy atom. The lowest BCUT2D eigenvalue weighted by Gasteiger charge is -2.17. The SMILES string of the molecule is CSc1ccccc1NC(=O)C(C)Sc1nc2ccccc2c(=O)n1-c1ccc(F)cc1. The van der Waals surface area contributed by atoms with Gasteiger partial charge in [-0.2, -0.15) is 0 Å². The van der Waals surface area contributed by atoms with Gasteiger partial charge in [-0.1, -0.05) is 36.0 Å². The van der Waals surface area contributed by atoms with Gasteiger partial charge in [0.25, 0.3) is 5.56 Å². The number of halogens is 1. The van der Waals surface area contributed by atoms with Crippen molar-refractivity contribution in [2.75, 3.05) is 11.6 Å². The van der Waals surface area contributed by atoms with Crippen molar-refractivity contribution < 1.29 is 9.18 Å². The zero-order valence-electron chi connectivity index (χ0n) is 17.4. The lowest BCUT2D eigenvalue weighted by molar-refractivity contribution is -0.115. The van der Waals surface area contributed by atoms with Gasteiger partial charge in [-0.25, -0.2) is 9.37 Å². The number of anilines is 1. The van der Waals surface area contributed by atoms with E-state index in [0.29, 0.717) is 21.7 Å². The standard InChI is InChI=1S/C24H20FN3O2S2/c1-15(22(29)26-20-9-5-6-10-21(20)31-2)32-24-27-19-8-4-3-7-18(19)23(30)28(24)17-13-11-16(25)12-14-17/h3-15H,1-2H3,(H,26,29). The number of thioether (sulfide) groups is 2. The first-order valence-corrected chi connectivity index (χ1v) is 12.0. The third-order valence-corrected chi connectivity index (χ3v) is 6.69. The van der Waals surface area contributed by atoms with Crippen LogP contribution in [0.4, 0.5) is 10.1 Å². The summed E-state index contributed by atoms with van der Waals surface area (Å²) in [6, 6.07) is 20.2. The number of para-hydroxylation sites is 2. The molecule has 0 saturated heterocycles. The average molecular weight is 466 g/mol. The van der Waals surface area contributed by atoms with Crippen LogP contribution in [0.5, 0.6) is 0 Å². The van der Waals surface area contributed by atoms with E-state index in [-0.39, 0.29) is 11.5 Å². The van der Waals surface area contributed by atoms with Gasteiger partial charge in [0, 0.05) is 4.90 Å². The van der Waals surface area contributed by atoms with Crippen LogP contribution in [0, 0.1) is 5.82 Å². The van der Waals surface area contributed by atoms with Crippen LogP contribution >= 0.6 is 23.5 Å². The van der Waals surface area contributed by atoms with Gasteiger partial charge in [0.2, 0.25) is 5.91 Å². The van der Waals surface area contributed by atoms with E-state index >= 15 is 0 Å². The maximum absolute atomic E-state index is 13.5. The third-order valence-electron chi connectivity index (χ3n) is 4.85. The van der Waals surface area contributed by atoms with Crippen molar-refractivity contribution >= 4 is 46.0 Å². The number of hydrogen-bond donors (Lipinski definition) is 1. The number of nitrogens with zero attached hydrogens (tertiary/aromatic N) is 2. The predicted molar refractivity (Wildman–Crippen MR) is 129 cm³/mol. The van der Waals surface area contributed by atoms with Crippen LogP contribution in [0.15, 0.2) is 87.6 Å². The molecule has 0 saturated carbocycles. The molecule has 0 spiro atoms. The molecule has 4 aromatic rings. The summed E-state index contributed by atoms with van der Waals surface area (Å²) in [6.45, 7) is 1.76. The molecule has 0 aliphatic carbocycles. The van der Waals surface area contributed by atoms with E-state index < -0.39 is 11.1 Å². The van der Waals surface area contributed by atoms with Crippen LogP contribution in [0.3, 0.4) is 0 Å². The molecule has 1 aromatic heterocycles. The van der Waals surface area contributed by atoms with Crippen LogP contribution in [0.1, 0.15) is 6.92 Å². The molecule has 162 valence electrons. The fourth-order valence-electron chi connectivity index (χ4n) is 3.20. The molecule has 1 N–H and O–H groups in total. The van der Waals surface area contributed by atoms with Crippen molar-refractivity contribution in [2.24, 2.45) is 0 Å². The minimum Gasteiger partial charge on any atom is -0.324 e. The van der Waals surface area contributed by atoms with Crippen LogP contribution in [0.2, 0.25) is 0 Å². The molecule has 1 unspecified atom stereocenters. The Morgan fingerprint density at radius 1 is 1.03 bits per heavy atom. The van der Waals surface area contributed by atoms with Crippen molar-refractivity contribution in [3.8, 4) is 5.69 Å². The van der Waals surface area contributed by atoms with E-state index in [2.05, 4.69) is 10.3 Å². The highest BCUT2D eigenvalue weighted by atomic mass is 32.2. The van der Waals surface area contributed by atoms with Gasteiger partial charge in [0.15, 0.2) is 5.16 Å². The molecule has 1 amide bonds. The lowest BCUT2D eigenvalue weighted by atomic mass is 10.2. The van der Waals surface area contributed by atoms with Crippen molar-refractivity contribution in [3.63, 3.8) is 0 Å². The molecule has 32 heavy (non-hydrogen) atoms. The van der Waals surface area contributed by atoms with Crippen molar-refractivity contribution in [1.82, 2.24) is 9.55 Å². The molecule has 1 atom stereocenters. The molecular formula is C24H20FN3O2S2. The molecule has 0 radical (unpaired) electrons. The molecule has 1 heterocycles. The molecule has 4 rings (SSSR count). The Hall–Kier alpha value is -3.10. The second-order valence-electron chi connectivity index (χ2n) is 6.98. The Labute approximate surface area is 193 Å². The van der Waals surface area contributed by atoms with Gasteiger partial charge in [-0.05, 0) is 61.7 Å². The second-order valence-corrected chi connectivity index (χ2v) is 9.13. The summed E-state index contributed by atoms with van der Waals surface area (Å²) in [6.07, 6.45) is 1.95. The van der Waals surface area contributed by atoms with Gasteiger partial charge in [-0.3, -0.25) is 14.2 Å². The van der Waals surface area contributed by atoms with Gasteiger partial charge in [0.05, 0.1) is 27.5 Å². The summed E-state index contributed by atoms with van der Waals surface area (Å²) in [5, 5.41) is 3.23. The smallest absolute Gasteiger partial charge is 0.266 e. The molecule has 0 fully saturated rings. The summed E-state index contributed by atoms with van der Waals surface area (Å²) < 4.78 is 14.9. The first-order chi connectivity index (χ1) is 15.5. The summed E-state index contributed by atoms with van der Waals surface area (Å²) in [4.78, 5) is 31.8. The minimum atomic E-state index is -0.537. The Morgan fingerprint density at radius 2 is 1.72 bits per heavy atom. The fourth-order valence-corrected chi connectivity index (χ4v) is 4.68. The number of rotatable bonds is 6. The highest BCUT2D eigenvalue weighted by molar-refractivity contribution is 8.00. The summed E-state index contributed by atoms with van der Waals surface area (Å²) in [5.41, 5.74) is 1.49. The Kier molecular flexibility index (Phi) is 6.62.